The Morgan fingerprint density at radius 1 is 1.39 bits per heavy atom. The molecule has 0 unspecified atom stereocenters. The van der Waals surface area contributed by atoms with Gasteiger partial charge in [0, 0.05) is 5.38 Å². The fourth-order valence-corrected chi connectivity index (χ4v) is 2.19. The average molecular weight is 289 g/mol. The molecule has 2 aromatic rings. The fraction of sp³-hybridized carbons (Fsp3) is 0.0909. The van der Waals surface area contributed by atoms with Gasteiger partial charge in [-0.3, -0.25) is 10.1 Å². The molecule has 0 saturated carbocycles. The van der Waals surface area contributed by atoms with Crippen molar-refractivity contribution in [3.05, 3.63) is 45.4 Å². The van der Waals surface area contributed by atoms with E-state index in [0.29, 0.717) is 5.13 Å². The first-order valence-corrected chi connectivity index (χ1v) is 6.11. The van der Waals surface area contributed by atoms with Crippen molar-refractivity contribution in [2.45, 2.75) is 6.92 Å². The van der Waals surface area contributed by atoms with Crippen molar-refractivity contribution in [3.8, 4) is 0 Å². The highest BCUT2D eigenvalue weighted by Crippen LogP contribution is 2.22. The molecule has 1 amide bonds. The summed E-state index contributed by atoms with van der Waals surface area (Å²) in [6, 6.07) is 1.52. The van der Waals surface area contributed by atoms with Gasteiger partial charge < -0.3 is 0 Å². The lowest BCUT2D eigenvalue weighted by Crippen LogP contribution is -2.13. The summed E-state index contributed by atoms with van der Waals surface area (Å²) in [5.74, 6) is -2.85. The highest BCUT2D eigenvalue weighted by Gasteiger charge is 2.16. The fourth-order valence-electron chi connectivity index (χ4n) is 1.27. The van der Waals surface area contributed by atoms with Crippen molar-refractivity contribution in [3.63, 3.8) is 0 Å². The zero-order valence-electron chi connectivity index (χ0n) is 9.13. The zero-order chi connectivity index (χ0) is 13.3. The number of amides is 1. The summed E-state index contributed by atoms with van der Waals surface area (Å²) in [6.45, 7) is 1.77. The summed E-state index contributed by atoms with van der Waals surface area (Å²) in [7, 11) is 0. The Bertz CT molecular complexity index is 615. The number of halogens is 3. The molecule has 18 heavy (non-hydrogen) atoms. The lowest BCUT2D eigenvalue weighted by atomic mass is 10.2. The molecule has 7 heteroatoms. The first-order chi connectivity index (χ1) is 8.47. The van der Waals surface area contributed by atoms with E-state index in [-0.39, 0.29) is 10.6 Å². The molecule has 94 valence electrons. The number of hydrogen-bond acceptors (Lipinski definition) is 3. The molecule has 3 nitrogen and oxygen atoms in total. The first-order valence-electron chi connectivity index (χ1n) is 4.85. The molecular weight excluding hydrogens is 282 g/mol. The number of carbonyl (C=O) groups excluding carboxylic acids is 1. The van der Waals surface area contributed by atoms with Crippen LogP contribution in [0.3, 0.4) is 0 Å². The van der Waals surface area contributed by atoms with Crippen LogP contribution in [-0.4, -0.2) is 10.9 Å². The summed E-state index contributed by atoms with van der Waals surface area (Å²) in [4.78, 5) is 15.8. The molecule has 0 fully saturated rings. The third-order valence-corrected chi connectivity index (χ3v) is 3.28. The quantitative estimate of drug-likeness (QED) is 0.857. The second kappa shape index (κ2) is 4.99. The predicted molar refractivity (Wildman–Crippen MR) is 66.2 cm³/mol. The Morgan fingerprint density at radius 2 is 2.06 bits per heavy atom. The number of rotatable bonds is 2. The molecule has 1 aromatic heterocycles. The molecule has 2 rings (SSSR count). The van der Waals surface area contributed by atoms with Crippen LogP contribution in [0.25, 0.3) is 0 Å². The van der Waals surface area contributed by atoms with E-state index in [2.05, 4.69) is 10.3 Å². The Hall–Kier alpha value is -1.53. The van der Waals surface area contributed by atoms with Crippen LogP contribution in [0.5, 0.6) is 0 Å². The topological polar surface area (TPSA) is 42.0 Å². The van der Waals surface area contributed by atoms with E-state index >= 15 is 0 Å². The van der Waals surface area contributed by atoms with Gasteiger partial charge in [0.25, 0.3) is 5.91 Å². The maximum absolute atomic E-state index is 13.0. The van der Waals surface area contributed by atoms with Gasteiger partial charge in [0.15, 0.2) is 16.8 Å². The van der Waals surface area contributed by atoms with E-state index in [9.17, 15) is 13.6 Å². The van der Waals surface area contributed by atoms with Crippen LogP contribution in [0, 0.1) is 18.6 Å². The number of aromatic nitrogens is 1. The SMILES string of the molecule is Cc1csc(NC(=O)c2cc(F)c(F)cc2Cl)n1. The third kappa shape index (κ3) is 2.65. The number of thiazole rings is 1. The molecule has 0 aliphatic carbocycles. The Morgan fingerprint density at radius 3 is 2.67 bits per heavy atom. The maximum atomic E-state index is 13.0. The maximum Gasteiger partial charge on any atom is 0.259 e. The Labute approximate surface area is 110 Å². The van der Waals surface area contributed by atoms with Crippen LogP contribution in [0.1, 0.15) is 16.1 Å². The van der Waals surface area contributed by atoms with Gasteiger partial charge in [-0.25, -0.2) is 13.8 Å². The number of hydrogen-bond donors (Lipinski definition) is 1. The van der Waals surface area contributed by atoms with Gasteiger partial charge in [0.1, 0.15) is 0 Å². The summed E-state index contributed by atoms with van der Waals surface area (Å²) in [6.07, 6.45) is 0. The van der Waals surface area contributed by atoms with E-state index in [1.54, 1.807) is 12.3 Å². The molecule has 1 heterocycles. The van der Waals surface area contributed by atoms with E-state index in [4.69, 9.17) is 11.6 Å². The number of carbonyl (C=O) groups is 1. The molecule has 0 saturated heterocycles. The van der Waals surface area contributed by atoms with Crippen LogP contribution in [0.2, 0.25) is 5.02 Å². The van der Waals surface area contributed by atoms with Gasteiger partial charge in [0.2, 0.25) is 0 Å². The molecule has 1 aromatic carbocycles. The molecular formula is C11H7ClF2N2OS. The van der Waals surface area contributed by atoms with Gasteiger partial charge in [0.05, 0.1) is 16.3 Å². The molecule has 0 spiro atoms. The van der Waals surface area contributed by atoms with E-state index in [1.165, 1.54) is 11.3 Å². The molecule has 0 aliphatic rings. The molecule has 0 radical (unpaired) electrons. The Balaban J connectivity index is 2.26. The summed E-state index contributed by atoms with van der Waals surface area (Å²) in [5.41, 5.74) is 0.620. The van der Waals surface area contributed by atoms with Gasteiger partial charge in [-0.1, -0.05) is 11.6 Å². The van der Waals surface area contributed by atoms with Gasteiger partial charge in [-0.15, -0.1) is 11.3 Å². The zero-order valence-corrected chi connectivity index (χ0v) is 10.7. The van der Waals surface area contributed by atoms with E-state index in [0.717, 1.165) is 17.8 Å². The van der Waals surface area contributed by atoms with E-state index in [1.807, 2.05) is 0 Å². The minimum absolute atomic E-state index is 0.136. The first kappa shape index (κ1) is 12.9. The van der Waals surface area contributed by atoms with Crippen molar-refractivity contribution in [1.29, 1.82) is 0 Å². The van der Waals surface area contributed by atoms with Crippen LogP contribution in [-0.2, 0) is 0 Å². The number of nitrogens with one attached hydrogen (secondary N) is 1. The average Bonchev–Trinajstić information content (AvgIpc) is 2.69. The van der Waals surface area contributed by atoms with Crippen molar-refractivity contribution in [2.24, 2.45) is 0 Å². The lowest BCUT2D eigenvalue weighted by molar-refractivity contribution is 0.102. The molecule has 0 aliphatic heterocycles. The third-order valence-electron chi connectivity index (χ3n) is 2.09. The summed E-state index contributed by atoms with van der Waals surface area (Å²) < 4.78 is 25.9. The van der Waals surface area contributed by atoms with Crippen LogP contribution < -0.4 is 5.32 Å². The normalized spacial score (nSPS) is 10.4. The summed E-state index contributed by atoms with van der Waals surface area (Å²) >= 11 is 6.92. The number of aryl methyl sites for hydroxylation is 1. The number of benzene rings is 1. The number of nitrogens with zero attached hydrogens (tertiary/aromatic N) is 1. The molecule has 0 bridgehead atoms. The van der Waals surface area contributed by atoms with Crippen molar-refractivity contribution >= 4 is 34.0 Å². The predicted octanol–water partition coefficient (Wildman–Crippen LogP) is 3.64. The summed E-state index contributed by atoms with van der Waals surface area (Å²) in [5, 5.41) is 4.43. The smallest absolute Gasteiger partial charge is 0.259 e. The van der Waals surface area contributed by atoms with Crippen molar-refractivity contribution < 1.29 is 13.6 Å². The molecule has 0 atom stereocenters. The van der Waals surface area contributed by atoms with Gasteiger partial charge in [-0.05, 0) is 19.1 Å². The van der Waals surface area contributed by atoms with Crippen molar-refractivity contribution in [1.82, 2.24) is 4.98 Å². The van der Waals surface area contributed by atoms with Crippen LogP contribution >= 0.6 is 22.9 Å². The van der Waals surface area contributed by atoms with Crippen LogP contribution in [0.4, 0.5) is 13.9 Å². The number of anilines is 1. The minimum Gasteiger partial charge on any atom is -0.298 e. The highest BCUT2D eigenvalue weighted by atomic mass is 35.5. The molecule has 1 N–H and O–H groups in total. The monoisotopic (exact) mass is 288 g/mol. The van der Waals surface area contributed by atoms with Gasteiger partial charge in [-0.2, -0.15) is 0 Å². The standard InChI is InChI=1S/C11H7ClF2N2OS/c1-5-4-18-11(15-5)16-10(17)6-2-8(13)9(14)3-7(6)12/h2-4H,1H3,(H,15,16,17). The largest absolute Gasteiger partial charge is 0.298 e. The van der Waals surface area contributed by atoms with Gasteiger partial charge >= 0.3 is 0 Å². The Kier molecular flexibility index (Phi) is 3.58. The van der Waals surface area contributed by atoms with Crippen LogP contribution in [0.15, 0.2) is 17.5 Å². The van der Waals surface area contributed by atoms with Crippen molar-refractivity contribution in [2.75, 3.05) is 5.32 Å². The van der Waals surface area contributed by atoms with E-state index < -0.39 is 17.5 Å². The second-order valence-corrected chi connectivity index (χ2v) is 4.76. The second-order valence-electron chi connectivity index (χ2n) is 3.49. The highest BCUT2D eigenvalue weighted by molar-refractivity contribution is 7.13. The minimum atomic E-state index is -1.13. The lowest BCUT2D eigenvalue weighted by Gasteiger charge is -2.04.